The van der Waals surface area contributed by atoms with Crippen molar-refractivity contribution >= 4 is 11.8 Å². The Morgan fingerprint density at radius 1 is 0.690 bits per heavy atom. The highest BCUT2D eigenvalue weighted by atomic mass is 16.4. The summed E-state index contributed by atoms with van der Waals surface area (Å²) in [5, 5.41) is 11.6. The fourth-order valence-corrected chi connectivity index (χ4v) is 6.29. The van der Waals surface area contributed by atoms with E-state index in [1.54, 1.807) is 0 Å². The molecule has 0 amide bonds. The molecule has 42 heavy (non-hydrogen) atoms. The summed E-state index contributed by atoms with van der Waals surface area (Å²) < 4.78 is 2.31. The number of aliphatic carboxylic acids is 1. The zero-order chi connectivity index (χ0) is 29.1. The van der Waals surface area contributed by atoms with Crippen LogP contribution in [0.3, 0.4) is 0 Å². The number of aryl methyl sites for hydroxylation is 2. The van der Waals surface area contributed by atoms with Crippen LogP contribution >= 0.6 is 0 Å². The average Bonchev–Trinajstić information content (AvgIpc) is 3.29. The molecule has 208 valence electrons. The Kier molecular flexibility index (Phi) is 7.45. The maximum Gasteiger partial charge on any atom is 0.362 e. The number of carboxylic acid groups (broad SMARTS) is 1. The molecule has 0 radical (unpaired) electrons. The predicted octanol–water partition coefficient (Wildman–Crippen LogP) is 7.50. The van der Waals surface area contributed by atoms with Crippen LogP contribution in [0.15, 0.2) is 140 Å². The van der Waals surface area contributed by atoms with Crippen molar-refractivity contribution in [2.75, 3.05) is 0 Å². The fourth-order valence-electron chi connectivity index (χ4n) is 6.29. The second-order valence-corrected chi connectivity index (χ2v) is 11.1. The lowest BCUT2D eigenvalue weighted by Crippen LogP contribution is -2.53. The Morgan fingerprint density at radius 2 is 1.19 bits per heavy atom. The Morgan fingerprint density at radius 3 is 1.74 bits per heavy atom. The molecule has 0 fully saturated rings. The number of hydrogen-bond acceptors (Lipinski definition) is 2. The lowest BCUT2D eigenvalue weighted by Gasteiger charge is -2.35. The molecule has 1 N–H and O–H groups in total. The monoisotopic (exact) mass is 551 g/mol. The number of hydrogen-bond donors (Lipinski definition) is 1. The van der Waals surface area contributed by atoms with Crippen molar-refractivity contribution in [2.24, 2.45) is 0 Å². The second kappa shape index (κ2) is 11.5. The van der Waals surface area contributed by atoms with Crippen molar-refractivity contribution in [3.8, 4) is 0 Å². The van der Waals surface area contributed by atoms with E-state index in [0.29, 0.717) is 13.1 Å². The minimum atomic E-state index is -1.42. The van der Waals surface area contributed by atoms with Gasteiger partial charge >= 0.3 is 5.97 Å². The van der Waals surface area contributed by atoms with Crippen molar-refractivity contribution in [3.05, 3.63) is 178 Å². The maximum atomic E-state index is 14.2. The van der Waals surface area contributed by atoms with Gasteiger partial charge in [0.05, 0.1) is 5.56 Å². The summed E-state index contributed by atoms with van der Waals surface area (Å²) >= 11 is 0. The number of amidine groups is 1. The molecular weight excluding hydrogens is 516 g/mol. The third-order valence-corrected chi connectivity index (χ3v) is 8.28. The van der Waals surface area contributed by atoms with Crippen molar-refractivity contribution in [2.45, 2.75) is 38.5 Å². The van der Waals surface area contributed by atoms with Gasteiger partial charge in [-0.25, -0.2) is 14.3 Å². The molecule has 1 aliphatic rings. The molecule has 2 atom stereocenters. The number of rotatable bonds is 8. The number of carboxylic acids is 1. The predicted molar refractivity (Wildman–Crippen MR) is 167 cm³/mol. The SMILES string of the molecule is Cc1ccc([C@H]2[N+](Cc3ccccc3)=C(c3ccccc3)N(Cc3ccccc3)[C@]2(C(=O)O)c2ccc(C)cc2)cc1. The highest BCUT2D eigenvalue weighted by Gasteiger charge is 2.67. The smallest absolute Gasteiger partial charge is 0.362 e. The maximum absolute atomic E-state index is 14.2. The van der Waals surface area contributed by atoms with Gasteiger partial charge in [0.2, 0.25) is 0 Å². The van der Waals surface area contributed by atoms with Crippen LogP contribution in [0.5, 0.6) is 0 Å². The summed E-state index contributed by atoms with van der Waals surface area (Å²) in [5.74, 6) is 0.0220. The van der Waals surface area contributed by atoms with Gasteiger partial charge in [0.1, 0.15) is 13.1 Å². The van der Waals surface area contributed by atoms with Crippen LogP contribution in [0.25, 0.3) is 0 Å². The van der Waals surface area contributed by atoms with E-state index < -0.39 is 17.6 Å². The molecule has 4 nitrogen and oxygen atoms in total. The lowest BCUT2D eigenvalue weighted by atomic mass is 9.77. The highest BCUT2D eigenvalue weighted by molar-refractivity contribution is 6.01. The number of benzene rings is 5. The third-order valence-electron chi connectivity index (χ3n) is 8.28. The van der Waals surface area contributed by atoms with Crippen molar-refractivity contribution in [1.82, 2.24) is 4.90 Å². The van der Waals surface area contributed by atoms with Gasteiger partial charge in [0.15, 0.2) is 6.04 Å². The normalized spacial score (nSPS) is 18.3. The Bertz CT molecular complexity index is 1700. The number of nitrogens with zero attached hydrogens (tertiary/aromatic N) is 2. The molecule has 6 rings (SSSR count). The quantitative estimate of drug-likeness (QED) is 0.203. The van der Waals surface area contributed by atoms with Crippen LogP contribution in [0.4, 0.5) is 0 Å². The number of carbonyl (C=O) groups is 1. The van der Waals surface area contributed by atoms with E-state index in [-0.39, 0.29) is 0 Å². The largest absolute Gasteiger partial charge is 0.477 e. The summed E-state index contributed by atoms with van der Waals surface area (Å²) in [5.41, 5.74) is 5.67. The van der Waals surface area contributed by atoms with Gasteiger partial charge in [0, 0.05) is 11.1 Å². The Labute approximate surface area is 247 Å². The average molecular weight is 552 g/mol. The van der Waals surface area contributed by atoms with Crippen LogP contribution in [-0.2, 0) is 23.4 Å². The molecule has 0 aromatic heterocycles. The molecule has 5 aromatic rings. The van der Waals surface area contributed by atoms with Crippen LogP contribution in [0, 0.1) is 13.8 Å². The van der Waals surface area contributed by atoms with E-state index in [4.69, 9.17) is 0 Å². The molecule has 0 spiro atoms. The topological polar surface area (TPSA) is 43.5 Å². The van der Waals surface area contributed by atoms with E-state index in [9.17, 15) is 9.90 Å². The van der Waals surface area contributed by atoms with E-state index in [2.05, 4.69) is 77.1 Å². The Hall–Kier alpha value is -4.96. The van der Waals surface area contributed by atoms with Gasteiger partial charge < -0.3 is 5.11 Å². The Balaban J connectivity index is 1.72. The molecule has 1 heterocycles. The van der Waals surface area contributed by atoms with Crippen molar-refractivity contribution in [1.29, 1.82) is 0 Å². The van der Waals surface area contributed by atoms with Crippen LogP contribution < -0.4 is 0 Å². The van der Waals surface area contributed by atoms with Crippen LogP contribution in [-0.4, -0.2) is 26.4 Å². The molecule has 1 aliphatic heterocycles. The molecular formula is C38H35N2O2+. The summed E-state index contributed by atoms with van der Waals surface area (Å²) in [6, 6.07) is 46.6. The van der Waals surface area contributed by atoms with Crippen molar-refractivity contribution in [3.63, 3.8) is 0 Å². The molecule has 5 aromatic carbocycles. The van der Waals surface area contributed by atoms with Crippen molar-refractivity contribution < 1.29 is 14.5 Å². The summed E-state index contributed by atoms with van der Waals surface area (Å²) in [6.07, 6.45) is 0. The third kappa shape index (κ3) is 4.90. The summed E-state index contributed by atoms with van der Waals surface area (Å²) in [6.45, 7) is 5.08. The zero-order valence-corrected chi connectivity index (χ0v) is 24.0. The molecule has 0 saturated carbocycles. The fraction of sp³-hybridized carbons (Fsp3) is 0.158. The first-order chi connectivity index (χ1) is 20.5. The van der Waals surface area contributed by atoms with Crippen LogP contribution in [0.1, 0.15) is 45.0 Å². The van der Waals surface area contributed by atoms with Gasteiger partial charge in [0.25, 0.3) is 11.4 Å². The molecule has 4 heteroatoms. The standard InChI is InChI=1S/C38H34N2O2/c1-28-18-22-32(23-19-28)35-38(37(41)42,34-24-20-29(2)21-25-34)40(27-31-14-8-4-9-15-31)36(33-16-10-5-11-17-33)39(35)26-30-12-6-3-7-13-30/h3-25,35H,26-27H2,1-2H3/p+1/t35-,38-/m1/s1. The second-order valence-electron chi connectivity index (χ2n) is 11.1. The molecule has 0 aliphatic carbocycles. The molecule has 0 bridgehead atoms. The van der Waals surface area contributed by atoms with Gasteiger partial charge in [-0.1, -0.05) is 139 Å². The zero-order valence-electron chi connectivity index (χ0n) is 24.0. The first-order valence-electron chi connectivity index (χ1n) is 14.4. The van der Waals surface area contributed by atoms with Gasteiger partial charge in [-0.15, -0.1) is 0 Å². The lowest BCUT2D eigenvalue weighted by molar-refractivity contribution is -0.586. The van der Waals surface area contributed by atoms with Crippen LogP contribution in [0.2, 0.25) is 0 Å². The van der Waals surface area contributed by atoms with E-state index in [1.165, 1.54) is 0 Å². The van der Waals surface area contributed by atoms with Gasteiger partial charge in [-0.3, -0.25) is 0 Å². The summed E-state index contributed by atoms with van der Waals surface area (Å²) in [7, 11) is 0. The van der Waals surface area contributed by atoms with E-state index >= 15 is 0 Å². The summed E-state index contributed by atoms with van der Waals surface area (Å²) in [4.78, 5) is 16.3. The van der Waals surface area contributed by atoms with Gasteiger partial charge in [-0.2, -0.15) is 0 Å². The minimum Gasteiger partial charge on any atom is -0.477 e. The first-order valence-corrected chi connectivity index (χ1v) is 14.4. The van der Waals surface area contributed by atoms with Gasteiger partial charge in [-0.05, 0) is 37.1 Å². The molecule has 0 saturated heterocycles. The van der Waals surface area contributed by atoms with E-state index in [0.717, 1.165) is 44.8 Å². The first kappa shape index (κ1) is 27.2. The molecule has 0 unspecified atom stereocenters. The highest BCUT2D eigenvalue weighted by Crippen LogP contribution is 2.50. The minimum absolute atomic E-state index is 0.429. The van der Waals surface area contributed by atoms with E-state index in [1.807, 2.05) is 85.8 Å².